The van der Waals surface area contributed by atoms with Crippen molar-refractivity contribution < 1.29 is 29.2 Å². The fourth-order valence-electron chi connectivity index (χ4n) is 2.67. The Balaban J connectivity index is 1.68. The van der Waals surface area contributed by atoms with Gasteiger partial charge in [-0.05, 0) is 7.05 Å². The van der Waals surface area contributed by atoms with Gasteiger partial charge in [0.1, 0.15) is 6.10 Å². The number of piperidine rings is 1. The first-order valence-electron chi connectivity index (χ1n) is 6.34. The number of hydrogen-bond acceptors (Lipinski definition) is 7. The molecule has 106 valence electrons. The number of hydrogen-bond donors (Lipinski definition) is 2. The maximum Gasteiger partial charge on any atom is 0.377 e. The van der Waals surface area contributed by atoms with E-state index in [1.807, 2.05) is 7.05 Å². The lowest BCUT2D eigenvalue weighted by Gasteiger charge is -2.36. The fourth-order valence-corrected chi connectivity index (χ4v) is 2.67. The lowest BCUT2D eigenvalue weighted by atomic mass is 10.0. The molecule has 0 bridgehead atoms. The molecule has 7 nitrogen and oxygen atoms in total. The van der Waals surface area contributed by atoms with E-state index >= 15 is 0 Å². The van der Waals surface area contributed by atoms with Crippen LogP contribution in [-0.4, -0.2) is 65.8 Å². The summed E-state index contributed by atoms with van der Waals surface area (Å²) in [5.74, 6) is -2.78. The number of rotatable bonds is 1. The molecule has 0 unspecified atom stereocenters. The summed E-state index contributed by atoms with van der Waals surface area (Å²) in [6.07, 6.45) is -0.0719. The van der Waals surface area contributed by atoms with Crippen LogP contribution in [-0.2, 0) is 19.0 Å². The van der Waals surface area contributed by atoms with Gasteiger partial charge in [-0.15, -0.1) is 0 Å². The molecule has 0 aromatic rings. The molecule has 7 heteroatoms. The van der Waals surface area contributed by atoms with E-state index in [4.69, 9.17) is 14.2 Å². The average molecular weight is 271 g/mol. The van der Waals surface area contributed by atoms with Crippen LogP contribution in [0.2, 0.25) is 0 Å². The molecule has 2 N–H and O–H groups in total. The summed E-state index contributed by atoms with van der Waals surface area (Å²) in [6.45, 7) is 1.97. The van der Waals surface area contributed by atoms with Crippen LogP contribution in [0.1, 0.15) is 12.8 Å². The summed E-state index contributed by atoms with van der Waals surface area (Å²) >= 11 is 0. The number of likely N-dealkylation sites (tertiary alicyclic amines) is 1. The number of aliphatic hydroxyl groups excluding tert-OH is 2. The van der Waals surface area contributed by atoms with Gasteiger partial charge in [0.2, 0.25) is 5.76 Å². The minimum atomic E-state index is -0.966. The lowest BCUT2D eigenvalue weighted by Crippen LogP contribution is -2.44. The molecule has 3 rings (SSSR count). The van der Waals surface area contributed by atoms with Gasteiger partial charge < -0.3 is 29.3 Å². The van der Waals surface area contributed by atoms with E-state index in [1.165, 1.54) is 0 Å². The maximum absolute atomic E-state index is 11.2. The first kappa shape index (κ1) is 12.7. The Morgan fingerprint density at radius 2 is 2.00 bits per heavy atom. The smallest absolute Gasteiger partial charge is 0.377 e. The van der Waals surface area contributed by atoms with Crippen LogP contribution in [0.3, 0.4) is 0 Å². The molecule has 0 saturated carbocycles. The Hall–Kier alpha value is -1.31. The van der Waals surface area contributed by atoms with Gasteiger partial charge in [-0.2, -0.15) is 0 Å². The summed E-state index contributed by atoms with van der Waals surface area (Å²) in [7, 11) is 2.03. The van der Waals surface area contributed by atoms with Gasteiger partial charge in [-0.3, -0.25) is 0 Å². The maximum atomic E-state index is 11.2. The molecule has 3 aliphatic rings. The van der Waals surface area contributed by atoms with Crippen molar-refractivity contribution in [1.82, 2.24) is 4.90 Å². The van der Waals surface area contributed by atoms with E-state index in [-0.39, 0.29) is 6.61 Å². The second kappa shape index (κ2) is 4.36. The molecule has 0 aromatic heterocycles. The molecular weight excluding hydrogens is 254 g/mol. The molecule has 0 aliphatic carbocycles. The Morgan fingerprint density at radius 3 is 2.58 bits per heavy atom. The van der Waals surface area contributed by atoms with Crippen molar-refractivity contribution in [3.8, 4) is 0 Å². The Kier molecular flexibility index (Phi) is 2.92. The predicted molar refractivity (Wildman–Crippen MR) is 62.5 cm³/mol. The fraction of sp³-hybridized carbons (Fsp3) is 0.750. The van der Waals surface area contributed by atoms with Gasteiger partial charge in [0.15, 0.2) is 17.7 Å². The Morgan fingerprint density at radius 1 is 1.32 bits per heavy atom. The molecule has 2 atom stereocenters. The minimum Gasteiger partial charge on any atom is -0.505 e. The molecule has 0 aromatic carbocycles. The highest BCUT2D eigenvalue weighted by molar-refractivity contribution is 5.89. The first-order valence-corrected chi connectivity index (χ1v) is 6.34. The largest absolute Gasteiger partial charge is 0.505 e. The van der Waals surface area contributed by atoms with Gasteiger partial charge in [0.25, 0.3) is 0 Å². The second-order valence-corrected chi connectivity index (χ2v) is 5.24. The van der Waals surface area contributed by atoms with E-state index in [0.717, 1.165) is 25.9 Å². The number of aliphatic hydroxyl groups is 2. The van der Waals surface area contributed by atoms with Crippen LogP contribution in [0.25, 0.3) is 0 Å². The number of carbonyl (C=O) groups is 1. The molecule has 3 heterocycles. The van der Waals surface area contributed by atoms with Crippen molar-refractivity contribution in [1.29, 1.82) is 0 Å². The summed E-state index contributed by atoms with van der Waals surface area (Å²) in [6, 6.07) is 0. The van der Waals surface area contributed by atoms with E-state index < -0.39 is 35.5 Å². The molecule has 2 saturated heterocycles. The lowest BCUT2D eigenvalue weighted by molar-refractivity contribution is -0.202. The zero-order valence-corrected chi connectivity index (χ0v) is 10.7. The summed E-state index contributed by atoms with van der Waals surface area (Å²) < 4.78 is 16.5. The van der Waals surface area contributed by atoms with Gasteiger partial charge >= 0.3 is 5.97 Å². The highest BCUT2D eigenvalue weighted by Crippen LogP contribution is 2.37. The minimum absolute atomic E-state index is 0.235. The highest BCUT2D eigenvalue weighted by Gasteiger charge is 2.50. The van der Waals surface area contributed by atoms with Crippen LogP contribution in [0.4, 0.5) is 0 Å². The average Bonchev–Trinajstić information content (AvgIpc) is 2.91. The molecule has 3 aliphatic heterocycles. The van der Waals surface area contributed by atoms with Crippen LogP contribution in [0, 0.1) is 0 Å². The Labute approximate surface area is 110 Å². The topological polar surface area (TPSA) is 88.5 Å². The standard InChI is InChI=1S/C12H17NO6/c1-13-4-2-12(3-5-13)17-6-7(19-12)10-8(14)9(15)11(16)18-10/h7,10,14-15H,2-6H2,1H3/t7-,10+/m0/s1. The third kappa shape index (κ3) is 2.07. The van der Waals surface area contributed by atoms with Crippen molar-refractivity contribution in [2.75, 3.05) is 26.7 Å². The Bertz CT molecular complexity index is 426. The third-order valence-corrected chi connectivity index (χ3v) is 3.90. The van der Waals surface area contributed by atoms with E-state index in [2.05, 4.69) is 4.90 Å². The van der Waals surface area contributed by atoms with E-state index in [0.29, 0.717) is 0 Å². The first-order chi connectivity index (χ1) is 9.01. The van der Waals surface area contributed by atoms with Crippen LogP contribution < -0.4 is 0 Å². The predicted octanol–water partition coefficient (Wildman–Crippen LogP) is 0.0767. The van der Waals surface area contributed by atoms with Crippen molar-refractivity contribution >= 4 is 5.97 Å². The van der Waals surface area contributed by atoms with Crippen LogP contribution in [0.5, 0.6) is 0 Å². The molecule has 0 radical (unpaired) electrons. The van der Waals surface area contributed by atoms with Crippen molar-refractivity contribution in [3.63, 3.8) is 0 Å². The van der Waals surface area contributed by atoms with Gasteiger partial charge in [0, 0.05) is 25.9 Å². The number of ether oxygens (including phenoxy) is 3. The third-order valence-electron chi connectivity index (χ3n) is 3.90. The van der Waals surface area contributed by atoms with Gasteiger partial charge in [-0.1, -0.05) is 0 Å². The van der Waals surface area contributed by atoms with Crippen molar-refractivity contribution in [2.24, 2.45) is 0 Å². The monoisotopic (exact) mass is 271 g/mol. The number of nitrogens with zero attached hydrogens (tertiary/aromatic N) is 1. The quantitative estimate of drug-likeness (QED) is 0.653. The summed E-state index contributed by atoms with van der Waals surface area (Å²) in [5, 5.41) is 18.9. The number of cyclic esters (lactones) is 1. The number of esters is 1. The zero-order valence-electron chi connectivity index (χ0n) is 10.7. The van der Waals surface area contributed by atoms with Gasteiger partial charge in [-0.25, -0.2) is 4.79 Å². The molecule has 0 amide bonds. The number of carbonyl (C=O) groups excluding carboxylic acids is 1. The summed E-state index contributed by atoms with van der Waals surface area (Å²) in [5.41, 5.74) is 0. The summed E-state index contributed by atoms with van der Waals surface area (Å²) in [4.78, 5) is 13.4. The van der Waals surface area contributed by atoms with Crippen molar-refractivity contribution in [2.45, 2.75) is 30.8 Å². The van der Waals surface area contributed by atoms with Crippen LogP contribution in [0.15, 0.2) is 11.5 Å². The van der Waals surface area contributed by atoms with Crippen LogP contribution >= 0.6 is 0 Å². The molecular formula is C12H17NO6. The second-order valence-electron chi connectivity index (χ2n) is 5.24. The van der Waals surface area contributed by atoms with Gasteiger partial charge in [0.05, 0.1) is 6.61 Å². The molecule has 1 spiro atoms. The normalized spacial score (nSPS) is 35.1. The molecule has 2 fully saturated rings. The van der Waals surface area contributed by atoms with E-state index in [9.17, 15) is 15.0 Å². The van der Waals surface area contributed by atoms with E-state index in [1.54, 1.807) is 0 Å². The SMILES string of the molecule is CN1CCC2(CC1)OC[C@@H]([C@H]1OC(=O)C(O)=C1O)O2. The molecule has 19 heavy (non-hydrogen) atoms. The zero-order chi connectivity index (χ0) is 13.6. The highest BCUT2D eigenvalue weighted by atomic mass is 16.8. The van der Waals surface area contributed by atoms with Crippen molar-refractivity contribution in [3.05, 3.63) is 11.5 Å².